The summed E-state index contributed by atoms with van der Waals surface area (Å²) in [5.41, 5.74) is 10.5. The molecule has 2 aliphatic rings. The molecule has 0 bridgehead atoms. The third-order valence-corrected chi connectivity index (χ3v) is 6.23. The topological polar surface area (TPSA) is 289 Å². The molecule has 240 valence electrons. The lowest BCUT2D eigenvalue weighted by molar-refractivity contribution is -0.167. The molecule has 2 aliphatic heterocycles. The van der Waals surface area contributed by atoms with Gasteiger partial charge in [0.25, 0.3) is 0 Å². The van der Waals surface area contributed by atoms with Gasteiger partial charge >= 0.3 is 29.8 Å². The van der Waals surface area contributed by atoms with Crippen LogP contribution in [0.25, 0.3) is 0 Å². The summed E-state index contributed by atoms with van der Waals surface area (Å²) in [5.74, 6) is -5.49. The minimum Gasteiger partial charge on any atom is -0.480 e. The number of primary amides is 1. The summed E-state index contributed by atoms with van der Waals surface area (Å²) in [6.07, 6.45) is 0.783. The number of nitrogens with one attached hydrogen (secondary N) is 2. The maximum Gasteiger partial charge on any atom is 0.346 e. The Morgan fingerprint density at radius 2 is 1.67 bits per heavy atom. The van der Waals surface area contributed by atoms with Crippen molar-refractivity contribution in [2.45, 2.75) is 89.1 Å². The molecule has 0 radical (unpaired) electrons. The van der Waals surface area contributed by atoms with Gasteiger partial charge in [-0.2, -0.15) is 0 Å². The molecular weight excluding hydrogens is 562 g/mol. The lowest BCUT2D eigenvalue weighted by Crippen LogP contribution is -2.46. The van der Waals surface area contributed by atoms with E-state index in [1.54, 1.807) is 7.05 Å². The predicted molar refractivity (Wildman–Crippen MR) is 145 cm³/mol. The van der Waals surface area contributed by atoms with Gasteiger partial charge in [0.05, 0.1) is 0 Å². The molecule has 1 unspecified atom stereocenters. The number of nitrogens with two attached hydrogens (primary N) is 2. The van der Waals surface area contributed by atoms with E-state index in [4.69, 9.17) is 36.6 Å². The van der Waals surface area contributed by atoms with Crippen LogP contribution in [0.2, 0.25) is 0 Å². The van der Waals surface area contributed by atoms with Crippen molar-refractivity contribution in [3.05, 3.63) is 0 Å². The van der Waals surface area contributed by atoms with Crippen molar-refractivity contribution in [1.82, 2.24) is 15.5 Å². The van der Waals surface area contributed by atoms with Crippen molar-refractivity contribution in [2.24, 2.45) is 17.4 Å². The number of carboxylic acids is 4. The Labute approximate surface area is 242 Å². The van der Waals surface area contributed by atoms with Crippen LogP contribution in [-0.2, 0) is 38.3 Å². The normalized spacial score (nSPS) is 20.1. The molecule has 17 nitrogen and oxygen atoms in total. The Balaban J connectivity index is 0.000000723. The van der Waals surface area contributed by atoms with E-state index in [1.807, 2.05) is 13.8 Å². The van der Waals surface area contributed by atoms with Crippen LogP contribution in [0.1, 0.15) is 58.8 Å². The lowest BCUT2D eigenvalue weighted by Gasteiger charge is -2.25. The molecule has 0 aliphatic carbocycles. The quantitative estimate of drug-likeness (QED) is 0.101. The number of ether oxygens (including phenoxy) is 1. The van der Waals surface area contributed by atoms with Crippen molar-refractivity contribution >= 4 is 41.7 Å². The van der Waals surface area contributed by atoms with Crippen molar-refractivity contribution in [1.29, 1.82) is 0 Å². The van der Waals surface area contributed by atoms with Gasteiger partial charge in [-0.1, -0.05) is 13.8 Å². The van der Waals surface area contributed by atoms with E-state index in [9.17, 15) is 33.6 Å². The number of likely N-dealkylation sites (tertiary alicyclic amines) is 1. The van der Waals surface area contributed by atoms with Crippen LogP contribution >= 0.6 is 0 Å². The first-order valence-corrected chi connectivity index (χ1v) is 13.4. The number of esters is 1. The lowest BCUT2D eigenvalue weighted by atomic mass is 10.0. The SMILES string of the molecule is CN[C@@H](CC(C)C)C(=O)O.NC(=O)CC[C@H](N)C(=O)OC(CN1CCC[C@H]1C(=O)O)C(=O)O.O=C1CC[C@@H](C(=O)O)N1. The van der Waals surface area contributed by atoms with Crippen LogP contribution < -0.4 is 22.1 Å². The monoisotopic (exact) mass is 605 g/mol. The van der Waals surface area contributed by atoms with Crippen LogP contribution in [0.4, 0.5) is 0 Å². The molecule has 17 heteroatoms. The van der Waals surface area contributed by atoms with Crippen LogP contribution in [-0.4, -0.2) is 117 Å². The summed E-state index contributed by atoms with van der Waals surface area (Å²) in [7, 11) is 1.67. The van der Waals surface area contributed by atoms with Gasteiger partial charge in [0.2, 0.25) is 17.9 Å². The molecule has 0 aromatic heterocycles. The molecule has 0 spiro atoms. The summed E-state index contributed by atoms with van der Waals surface area (Å²) in [5, 5.41) is 40.1. The number of carbonyl (C=O) groups is 7. The molecular formula is C25H43N5O12. The highest BCUT2D eigenvalue weighted by Gasteiger charge is 2.35. The zero-order valence-corrected chi connectivity index (χ0v) is 24.0. The van der Waals surface area contributed by atoms with Crippen molar-refractivity contribution in [3.63, 3.8) is 0 Å². The number of aliphatic carboxylic acids is 4. The van der Waals surface area contributed by atoms with E-state index < -0.39 is 60.0 Å². The fourth-order valence-corrected chi connectivity index (χ4v) is 3.96. The van der Waals surface area contributed by atoms with Crippen LogP contribution in [0.15, 0.2) is 0 Å². The van der Waals surface area contributed by atoms with E-state index in [2.05, 4.69) is 10.6 Å². The van der Waals surface area contributed by atoms with E-state index in [-0.39, 0.29) is 31.3 Å². The highest BCUT2D eigenvalue weighted by molar-refractivity contribution is 5.87. The maximum atomic E-state index is 11.8. The molecule has 2 heterocycles. The van der Waals surface area contributed by atoms with Crippen LogP contribution in [0.3, 0.4) is 0 Å². The Morgan fingerprint density at radius 3 is 2.02 bits per heavy atom. The van der Waals surface area contributed by atoms with Crippen molar-refractivity contribution in [3.8, 4) is 0 Å². The third-order valence-electron chi connectivity index (χ3n) is 6.23. The first-order chi connectivity index (χ1) is 19.5. The largest absolute Gasteiger partial charge is 0.480 e. The van der Waals surface area contributed by atoms with Gasteiger partial charge in [0.1, 0.15) is 24.2 Å². The van der Waals surface area contributed by atoms with Gasteiger partial charge in [0, 0.05) is 19.4 Å². The van der Waals surface area contributed by atoms with Gasteiger partial charge in [-0.3, -0.25) is 28.9 Å². The molecule has 2 amide bonds. The highest BCUT2D eigenvalue weighted by Crippen LogP contribution is 2.18. The first kappa shape index (κ1) is 38.2. The number of likely N-dealkylation sites (N-methyl/N-ethyl adjacent to an activating group) is 1. The second-order valence-corrected chi connectivity index (χ2v) is 10.2. The Morgan fingerprint density at radius 1 is 1.05 bits per heavy atom. The second-order valence-electron chi connectivity index (χ2n) is 10.2. The summed E-state index contributed by atoms with van der Waals surface area (Å²) >= 11 is 0. The van der Waals surface area contributed by atoms with E-state index >= 15 is 0 Å². The van der Waals surface area contributed by atoms with Gasteiger partial charge in [-0.25, -0.2) is 9.59 Å². The fraction of sp³-hybridized carbons (Fsp3) is 0.720. The molecule has 2 fully saturated rings. The maximum absolute atomic E-state index is 11.8. The number of hydrogen-bond acceptors (Lipinski definition) is 11. The fourth-order valence-electron chi connectivity index (χ4n) is 3.96. The zero-order chi connectivity index (χ0) is 32.6. The Kier molecular flexibility index (Phi) is 17.6. The summed E-state index contributed by atoms with van der Waals surface area (Å²) < 4.78 is 4.85. The number of hydrogen-bond donors (Lipinski definition) is 8. The van der Waals surface area contributed by atoms with Gasteiger partial charge in [0.15, 0.2) is 0 Å². The molecule has 5 atom stereocenters. The predicted octanol–water partition coefficient (Wildman–Crippen LogP) is -1.82. The van der Waals surface area contributed by atoms with Crippen LogP contribution in [0.5, 0.6) is 0 Å². The highest BCUT2D eigenvalue weighted by atomic mass is 16.6. The van der Waals surface area contributed by atoms with Gasteiger partial charge < -0.3 is 47.3 Å². The van der Waals surface area contributed by atoms with Crippen molar-refractivity contribution in [2.75, 3.05) is 20.1 Å². The van der Waals surface area contributed by atoms with Crippen molar-refractivity contribution < 1.29 is 58.7 Å². The average Bonchev–Trinajstić information content (AvgIpc) is 3.54. The van der Waals surface area contributed by atoms with Crippen LogP contribution in [0, 0.1) is 5.92 Å². The zero-order valence-electron chi connectivity index (χ0n) is 24.0. The minimum atomic E-state index is -1.53. The molecule has 0 aromatic carbocycles. The summed E-state index contributed by atoms with van der Waals surface area (Å²) in [6.45, 7) is 4.19. The standard InChI is InChI=1S/C13H21N3O7.C7H15NO2.C5H7NO3/c14-7(3-4-10(15)17)13(22)23-9(12(20)21)6-16-5-1-2-8(16)11(18)19;1-5(2)4-6(8-3)7(9)10;7-4-2-1-3(6-4)5(8)9/h7-9H,1-6,14H2,(H2,15,17)(H,18,19)(H,20,21);5-6,8H,4H2,1-3H3,(H,9,10);3H,1-2H2,(H,6,7)(H,8,9)/t7-,8-,9?;6-;3-/m000/s1. The molecule has 42 heavy (non-hydrogen) atoms. The second kappa shape index (κ2) is 19.3. The summed E-state index contributed by atoms with van der Waals surface area (Å²) in [4.78, 5) is 77.1. The minimum absolute atomic E-state index is 0.0536. The first-order valence-electron chi connectivity index (χ1n) is 13.4. The van der Waals surface area contributed by atoms with Gasteiger partial charge in [-0.15, -0.1) is 0 Å². The average molecular weight is 606 g/mol. The molecule has 2 rings (SSSR count). The van der Waals surface area contributed by atoms with E-state index in [1.165, 1.54) is 4.90 Å². The number of nitrogens with zero attached hydrogens (tertiary/aromatic N) is 1. The van der Waals surface area contributed by atoms with Gasteiger partial charge in [-0.05, 0) is 51.6 Å². The smallest absolute Gasteiger partial charge is 0.346 e. The molecule has 2 saturated heterocycles. The Bertz CT molecular complexity index is 960. The molecule has 10 N–H and O–H groups in total. The summed E-state index contributed by atoms with van der Waals surface area (Å²) in [6, 6.07) is -2.99. The van der Waals surface area contributed by atoms with E-state index in [0.717, 1.165) is 0 Å². The number of amides is 2. The third kappa shape index (κ3) is 15.2. The number of rotatable bonds is 14. The van der Waals surface area contributed by atoms with E-state index in [0.29, 0.717) is 44.6 Å². The molecule has 0 saturated carbocycles. The number of carbonyl (C=O) groups excluding carboxylic acids is 3. The number of carboxylic acid groups (broad SMARTS) is 4. The Hall–Kier alpha value is -3.83. The molecule has 0 aromatic rings.